The summed E-state index contributed by atoms with van der Waals surface area (Å²) in [6, 6.07) is 4.33. The van der Waals surface area contributed by atoms with Crippen molar-refractivity contribution >= 4 is 15.9 Å². The molecule has 0 amide bonds. The highest BCUT2D eigenvalue weighted by Crippen LogP contribution is 2.29. The molecule has 0 aliphatic carbocycles. The number of rotatable bonds is 2. The fraction of sp³-hybridized carbons (Fsp3) is 0.571. The van der Waals surface area contributed by atoms with Gasteiger partial charge in [-0.1, -0.05) is 22.0 Å². The second kappa shape index (κ2) is 5.51. The van der Waals surface area contributed by atoms with Crippen LogP contribution in [0.2, 0.25) is 0 Å². The second-order valence-electron chi connectivity index (χ2n) is 4.89. The van der Waals surface area contributed by atoms with E-state index in [4.69, 9.17) is 10.5 Å². The summed E-state index contributed by atoms with van der Waals surface area (Å²) in [5.41, 5.74) is 10.0. The zero-order valence-electron chi connectivity index (χ0n) is 10.5. The van der Waals surface area contributed by atoms with E-state index < -0.39 is 0 Å². The van der Waals surface area contributed by atoms with Crippen LogP contribution in [0.4, 0.5) is 0 Å². The predicted octanol–water partition coefficient (Wildman–Crippen LogP) is 3.63. The van der Waals surface area contributed by atoms with Crippen molar-refractivity contribution in [2.45, 2.75) is 45.3 Å². The third-order valence-electron chi connectivity index (χ3n) is 3.52. The van der Waals surface area contributed by atoms with Gasteiger partial charge in [-0.2, -0.15) is 0 Å². The first-order valence-corrected chi connectivity index (χ1v) is 7.02. The van der Waals surface area contributed by atoms with Gasteiger partial charge in [-0.3, -0.25) is 0 Å². The van der Waals surface area contributed by atoms with Crippen LogP contribution in [0, 0.1) is 13.8 Å². The molecule has 2 atom stereocenters. The maximum Gasteiger partial charge on any atom is 0.0767 e. The van der Waals surface area contributed by atoms with Crippen molar-refractivity contribution in [2.24, 2.45) is 5.73 Å². The fourth-order valence-electron chi connectivity index (χ4n) is 2.41. The Labute approximate surface area is 112 Å². The Morgan fingerprint density at radius 3 is 2.71 bits per heavy atom. The van der Waals surface area contributed by atoms with Gasteiger partial charge in [0, 0.05) is 11.1 Å². The molecular formula is C14H20BrNO. The van der Waals surface area contributed by atoms with Gasteiger partial charge in [-0.25, -0.2) is 0 Å². The van der Waals surface area contributed by atoms with Gasteiger partial charge in [0.15, 0.2) is 0 Å². The third kappa shape index (κ3) is 2.90. The minimum Gasteiger partial charge on any atom is -0.376 e. The largest absolute Gasteiger partial charge is 0.376 e. The Morgan fingerprint density at radius 2 is 2.06 bits per heavy atom. The Bertz CT molecular complexity index is 399. The highest BCUT2D eigenvalue weighted by molar-refractivity contribution is 9.10. The Kier molecular flexibility index (Phi) is 4.23. The lowest BCUT2D eigenvalue weighted by molar-refractivity contribution is -0.000111. The molecule has 1 aromatic carbocycles. The van der Waals surface area contributed by atoms with E-state index in [2.05, 4.69) is 41.9 Å². The number of ether oxygens (including phenoxy) is 1. The van der Waals surface area contributed by atoms with Crippen molar-refractivity contribution in [1.29, 1.82) is 0 Å². The number of hydrogen-bond acceptors (Lipinski definition) is 2. The molecular weight excluding hydrogens is 278 g/mol. The van der Waals surface area contributed by atoms with Crippen LogP contribution in [-0.4, -0.2) is 12.7 Å². The maximum atomic E-state index is 6.35. The van der Waals surface area contributed by atoms with Crippen molar-refractivity contribution in [3.63, 3.8) is 0 Å². The van der Waals surface area contributed by atoms with Crippen LogP contribution in [0.5, 0.6) is 0 Å². The van der Waals surface area contributed by atoms with Crippen LogP contribution < -0.4 is 5.73 Å². The van der Waals surface area contributed by atoms with Gasteiger partial charge in [0.2, 0.25) is 0 Å². The van der Waals surface area contributed by atoms with E-state index >= 15 is 0 Å². The number of halogens is 1. The summed E-state index contributed by atoms with van der Waals surface area (Å²) in [5, 5.41) is 0. The lowest BCUT2D eigenvalue weighted by atomic mass is 9.92. The average Bonchev–Trinajstić information content (AvgIpc) is 2.34. The SMILES string of the molecule is Cc1cc(C(N)C2CCCCO2)c(C)cc1Br. The maximum absolute atomic E-state index is 6.35. The molecule has 1 saturated heterocycles. The number of benzene rings is 1. The van der Waals surface area contributed by atoms with E-state index in [1.165, 1.54) is 29.5 Å². The molecule has 0 radical (unpaired) electrons. The second-order valence-corrected chi connectivity index (χ2v) is 5.74. The predicted molar refractivity (Wildman–Crippen MR) is 74.1 cm³/mol. The molecule has 1 fully saturated rings. The lowest BCUT2D eigenvalue weighted by Crippen LogP contribution is -2.32. The molecule has 0 bridgehead atoms. The molecule has 2 rings (SSSR count). The highest BCUT2D eigenvalue weighted by Gasteiger charge is 2.24. The molecule has 1 heterocycles. The molecule has 94 valence electrons. The zero-order chi connectivity index (χ0) is 12.4. The van der Waals surface area contributed by atoms with Gasteiger partial charge in [-0.05, 0) is 55.9 Å². The molecule has 1 aliphatic rings. The molecule has 2 N–H and O–H groups in total. The van der Waals surface area contributed by atoms with E-state index in [0.29, 0.717) is 0 Å². The molecule has 0 saturated carbocycles. The van der Waals surface area contributed by atoms with E-state index in [1.807, 2.05) is 0 Å². The van der Waals surface area contributed by atoms with Crippen LogP contribution in [0.15, 0.2) is 16.6 Å². The van der Waals surface area contributed by atoms with Crippen LogP contribution >= 0.6 is 15.9 Å². The third-order valence-corrected chi connectivity index (χ3v) is 4.38. The first-order valence-electron chi connectivity index (χ1n) is 6.23. The number of aryl methyl sites for hydroxylation is 2. The fourth-order valence-corrected chi connectivity index (χ4v) is 2.87. The minimum atomic E-state index is 0.00194. The summed E-state index contributed by atoms with van der Waals surface area (Å²) in [7, 11) is 0. The van der Waals surface area contributed by atoms with Gasteiger partial charge in [-0.15, -0.1) is 0 Å². The first kappa shape index (κ1) is 13.1. The van der Waals surface area contributed by atoms with E-state index in [-0.39, 0.29) is 12.1 Å². The van der Waals surface area contributed by atoms with Gasteiger partial charge in [0.1, 0.15) is 0 Å². The average molecular weight is 298 g/mol. The number of hydrogen-bond donors (Lipinski definition) is 1. The summed E-state index contributed by atoms with van der Waals surface area (Å²) < 4.78 is 6.93. The minimum absolute atomic E-state index is 0.00194. The summed E-state index contributed by atoms with van der Waals surface area (Å²) in [5.74, 6) is 0. The van der Waals surface area contributed by atoms with Crippen molar-refractivity contribution in [2.75, 3.05) is 6.61 Å². The van der Waals surface area contributed by atoms with Crippen LogP contribution in [0.25, 0.3) is 0 Å². The van der Waals surface area contributed by atoms with Crippen LogP contribution in [-0.2, 0) is 4.74 Å². The Hall–Kier alpha value is -0.380. The van der Waals surface area contributed by atoms with Crippen molar-refractivity contribution in [3.05, 3.63) is 33.3 Å². The first-order chi connectivity index (χ1) is 8.09. The molecule has 2 unspecified atom stereocenters. The lowest BCUT2D eigenvalue weighted by Gasteiger charge is -2.29. The van der Waals surface area contributed by atoms with Gasteiger partial charge in [0.25, 0.3) is 0 Å². The zero-order valence-corrected chi connectivity index (χ0v) is 12.1. The number of nitrogens with two attached hydrogens (primary N) is 1. The molecule has 0 aromatic heterocycles. The Balaban J connectivity index is 2.23. The molecule has 1 aliphatic heterocycles. The topological polar surface area (TPSA) is 35.2 Å². The molecule has 3 heteroatoms. The molecule has 2 nitrogen and oxygen atoms in total. The molecule has 17 heavy (non-hydrogen) atoms. The van der Waals surface area contributed by atoms with Crippen molar-refractivity contribution in [3.8, 4) is 0 Å². The van der Waals surface area contributed by atoms with Gasteiger partial charge < -0.3 is 10.5 Å². The monoisotopic (exact) mass is 297 g/mol. The van der Waals surface area contributed by atoms with E-state index in [9.17, 15) is 0 Å². The Morgan fingerprint density at radius 1 is 1.29 bits per heavy atom. The quantitative estimate of drug-likeness (QED) is 0.905. The van der Waals surface area contributed by atoms with E-state index in [1.54, 1.807) is 0 Å². The van der Waals surface area contributed by atoms with Gasteiger partial charge in [0.05, 0.1) is 12.1 Å². The van der Waals surface area contributed by atoms with Crippen LogP contribution in [0.3, 0.4) is 0 Å². The van der Waals surface area contributed by atoms with Gasteiger partial charge >= 0.3 is 0 Å². The highest BCUT2D eigenvalue weighted by atomic mass is 79.9. The van der Waals surface area contributed by atoms with Crippen molar-refractivity contribution < 1.29 is 4.74 Å². The summed E-state index contributed by atoms with van der Waals surface area (Å²) in [6.45, 7) is 5.07. The standard InChI is InChI=1S/C14H20BrNO/c1-9-8-12(15)10(2)7-11(9)14(16)13-5-3-4-6-17-13/h7-8,13-14H,3-6,16H2,1-2H3. The van der Waals surface area contributed by atoms with Crippen molar-refractivity contribution in [1.82, 2.24) is 0 Å². The van der Waals surface area contributed by atoms with Crippen LogP contribution in [0.1, 0.15) is 42.0 Å². The van der Waals surface area contributed by atoms with E-state index in [0.717, 1.165) is 17.5 Å². The normalized spacial score (nSPS) is 22.5. The molecule has 1 aromatic rings. The summed E-state index contributed by atoms with van der Waals surface area (Å²) >= 11 is 3.55. The summed E-state index contributed by atoms with van der Waals surface area (Å²) in [6.07, 6.45) is 3.66. The smallest absolute Gasteiger partial charge is 0.0767 e. The summed E-state index contributed by atoms with van der Waals surface area (Å²) in [4.78, 5) is 0. The molecule has 0 spiro atoms.